The number of methoxy groups -OCH3 is 1. The summed E-state index contributed by atoms with van der Waals surface area (Å²) in [5, 5.41) is 0. The van der Waals surface area contributed by atoms with E-state index in [9.17, 15) is 0 Å². The van der Waals surface area contributed by atoms with Crippen LogP contribution in [0.25, 0.3) is 0 Å². The van der Waals surface area contributed by atoms with Gasteiger partial charge in [-0.15, -0.1) is 0 Å². The van der Waals surface area contributed by atoms with Crippen LogP contribution in [0.2, 0.25) is 0 Å². The number of hydrogen-bond acceptors (Lipinski definition) is 3. The molecule has 2 atom stereocenters. The summed E-state index contributed by atoms with van der Waals surface area (Å²) in [6, 6.07) is 4.48. The fourth-order valence-corrected chi connectivity index (χ4v) is 2.32. The largest absolute Gasteiger partial charge is 0.378 e. The average Bonchev–Trinajstić information content (AvgIpc) is 2.79. The summed E-state index contributed by atoms with van der Waals surface area (Å²) in [5.41, 5.74) is 7.30. The molecule has 17 heavy (non-hydrogen) atoms. The quantitative estimate of drug-likeness (QED) is 0.841. The normalized spacial score (nSPS) is 25.6. The molecule has 1 saturated heterocycles. The molecule has 1 aromatic rings. The molecule has 0 spiro atoms. The minimum Gasteiger partial charge on any atom is -0.378 e. The number of nitrogens with one attached hydrogen (secondary N) is 1. The second-order valence-electron chi connectivity index (χ2n) is 5.13. The van der Waals surface area contributed by atoms with Gasteiger partial charge in [-0.25, -0.2) is 0 Å². The predicted molar refractivity (Wildman–Crippen MR) is 70.5 cm³/mol. The van der Waals surface area contributed by atoms with Crippen molar-refractivity contribution in [2.45, 2.75) is 38.3 Å². The Morgan fingerprint density at radius 3 is 2.82 bits per heavy atom. The fourth-order valence-electron chi connectivity index (χ4n) is 2.32. The van der Waals surface area contributed by atoms with Gasteiger partial charge in [0.1, 0.15) is 5.82 Å². The summed E-state index contributed by atoms with van der Waals surface area (Å²) in [4.78, 5) is 5.79. The van der Waals surface area contributed by atoms with Gasteiger partial charge >= 0.3 is 0 Å². The summed E-state index contributed by atoms with van der Waals surface area (Å²) in [7, 11) is 1.74. The monoisotopic (exact) mass is 237 g/mol. The van der Waals surface area contributed by atoms with Crippen LogP contribution in [0.4, 0.5) is 5.82 Å². The molecule has 4 nitrogen and oxygen atoms in total. The number of ether oxygens (including phenoxy) is 1. The van der Waals surface area contributed by atoms with Gasteiger partial charge < -0.3 is 20.4 Å². The molecular weight excluding hydrogens is 214 g/mol. The van der Waals surface area contributed by atoms with E-state index in [-0.39, 0.29) is 12.1 Å². The first-order valence-electron chi connectivity index (χ1n) is 6.34. The maximum Gasteiger partial charge on any atom is 0.106 e. The number of nitrogens with two attached hydrogens (primary N) is 1. The summed E-state index contributed by atoms with van der Waals surface area (Å²) in [6.07, 6.45) is 1.11. The van der Waals surface area contributed by atoms with E-state index in [1.54, 1.807) is 7.11 Å². The highest BCUT2D eigenvalue weighted by Gasteiger charge is 2.27. The summed E-state index contributed by atoms with van der Waals surface area (Å²) in [5.74, 6) is 1.72. The molecule has 2 heterocycles. The molecule has 2 unspecified atom stereocenters. The zero-order chi connectivity index (χ0) is 12.4. The molecule has 0 amide bonds. The number of H-pyrrole nitrogens is 1. The summed E-state index contributed by atoms with van der Waals surface area (Å²) < 4.78 is 5.43. The van der Waals surface area contributed by atoms with Gasteiger partial charge in [-0.2, -0.15) is 0 Å². The Hall–Kier alpha value is -1.00. The maximum absolute atomic E-state index is 6.02. The van der Waals surface area contributed by atoms with E-state index < -0.39 is 0 Å². The van der Waals surface area contributed by atoms with E-state index in [0.29, 0.717) is 5.92 Å². The first kappa shape index (κ1) is 12.5. The Morgan fingerprint density at radius 2 is 2.24 bits per heavy atom. The van der Waals surface area contributed by atoms with Gasteiger partial charge in [0.05, 0.1) is 6.10 Å². The zero-order valence-corrected chi connectivity index (χ0v) is 10.9. The van der Waals surface area contributed by atoms with Crippen LogP contribution >= 0.6 is 0 Å². The zero-order valence-electron chi connectivity index (χ0n) is 10.9. The Balaban J connectivity index is 2.06. The Bertz CT molecular complexity index is 361. The van der Waals surface area contributed by atoms with Crippen LogP contribution < -0.4 is 10.6 Å². The topological polar surface area (TPSA) is 54.3 Å². The molecule has 0 saturated carbocycles. The van der Waals surface area contributed by atoms with E-state index in [0.717, 1.165) is 19.5 Å². The van der Waals surface area contributed by atoms with Gasteiger partial charge in [-0.1, -0.05) is 13.8 Å². The molecule has 0 aliphatic carbocycles. The summed E-state index contributed by atoms with van der Waals surface area (Å²) in [6.45, 7) is 6.26. The van der Waals surface area contributed by atoms with Crippen molar-refractivity contribution < 1.29 is 4.74 Å². The van der Waals surface area contributed by atoms with Crippen molar-refractivity contribution >= 4 is 5.82 Å². The first-order valence-corrected chi connectivity index (χ1v) is 6.34. The molecule has 1 aliphatic heterocycles. The van der Waals surface area contributed by atoms with Gasteiger partial charge in [0.25, 0.3) is 0 Å². The minimum absolute atomic E-state index is 0.134. The van der Waals surface area contributed by atoms with Gasteiger partial charge in [0, 0.05) is 31.9 Å². The van der Waals surface area contributed by atoms with Crippen molar-refractivity contribution in [1.82, 2.24) is 4.98 Å². The molecule has 3 N–H and O–H groups in total. The average molecular weight is 237 g/mol. The molecule has 0 bridgehead atoms. The maximum atomic E-state index is 6.02. The van der Waals surface area contributed by atoms with Gasteiger partial charge in [0.15, 0.2) is 0 Å². The number of anilines is 1. The van der Waals surface area contributed by atoms with Crippen LogP contribution in [-0.2, 0) is 4.74 Å². The number of hydrogen-bond donors (Lipinski definition) is 2. The number of piperidine rings is 1. The SMILES string of the molecule is COC1CN(c2ccc(C(C)C)[nH]2)CCC1N. The van der Waals surface area contributed by atoms with Crippen LogP contribution in [-0.4, -0.2) is 37.3 Å². The lowest BCUT2D eigenvalue weighted by Gasteiger charge is -2.36. The Labute approximate surface area is 103 Å². The van der Waals surface area contributed by atoms with E-state index >= 15 is 0 Å². The van der Waals surface area contributed by atoms with E-state index in [1.165, 1.54) is 11.5 Å². The number of rotatable bonds is 3. The molecule has 2 rings (SSSR count). The molecule has 1 aromatic heterocycles. The lowest BCUT2D eigenvalue weighted by Crippen LogP contribution is -2.51. The lowest BCUT2D eigenvalue weighted by molar-refractivity contribution is 0.0728. The standard InChI is InChI=1S/C13H23N3O/c1-9(2)11-4-5-13(15-11)16-7-6-10(14)12(8-16)17-3/h4-5,9-10,12,15H,6-8,14H2,1-3H3. The second-order valence-corrected chi connectivity index (χ2v) is 5.13. The third-order valence-corrected chi connectivity index (χ3v) is 3.57. The Morgan fingerprint density at radius 1 is 1.47 bits per heavy atom. The van der Waals surface area contributed by atoms with Gasteiger partial charge in [-0.05, 0) is 24.5 Å². The second kappa shape index (κ2) is 5.10. The van der Waals surface area contributed by atoms with Crippen molar-refractivity contribution in [2.24, 2.45) is 5.73 Å². The van der Waals surface area contributed by atoms with Crippen LogP contribution in [0.3, 0.4) is 0 Å². The summed E-state index contributed by atoms with van der Waals surface area (Å²) >= 11 is 0. The van der Waals surface area contributed by atoms with E-state index in [2.05, 4.69) is 35.9 Å². The van der Waals surface area contributed by atoms with Crippen LogP contribution in [0.1, 0.15) is 31.9 Å². The van der Waals surface area contributed by atoms with Crippen LogP contribution in [0.15, 0.2) is 12.1 Å². The van der Waals surface area contributed by atoms with Crippen LogP contribution in [0, 0.1) is 0 Å². The molecule has 4 heteroatoms. The smallest absolute Gasteiger partial charge is 0.106 e. The number of aromatic amines is 1. The first-order chi connectivity index (χ1) is 8.11. The third kappa shape index (κ3) is 2.64. The highest BCUT2D eigenvalue weighted by atomic mass is 16.5. The van der Waals surface area contributed by atoms with Gasteiger partial charge in [-0.3, -0.25) is 0 Å². The van der Waals surface area contributed by atoms with Gasteiger partial charge in [0.2, 0.25) is 0 Å². The molecule has 96 valence electrons. The van der Waals surface area contributed by atoms with Crippen molar-refractivity contribution in [1.29, 1.82) is 0 Å². The molecule has 1 fully saturated rings. The van der Waals surface area contributed by atoms with Crippen LogP contribution in [0.5, 0.6) is 0 Å². The fraction of sp³-hybridized carbons (Fsp3) is 0.692. The van der Waals surface area contributed by atoms with Crippen molar-refractivity contribution in [3.05, 3.63) is 17.8 Å². The highest BCUT2D eigenvalue weighted by molar-refractivity contribution is 5.42. The van der Waals surface area contributed by atoms with E-state index in [4.69, 9.17) is 10.5 Å². The number of nitrogens with zero attached hydrogens (tertiary/aromatic N) is 1. The highest BCUT2D eigenvalue weighted by Crippen LogP contribution is 2.23. The Kier molecular flexibility index (Phi) is 3.74. The molecule has 1 aliphatic rings. The molecule has 0 radical (unpaired) electrons. The van der Waals surface area contributed by atoms with E-state index in [1.807, 2.05) is 0 Å². The third-order valence-electron chi connectivity index (χ3n) is 3.57. The molecular formula is C13H23N3O. The van der Waals surface area contributed by atoms with Crippen molar-refractivity contribution in [2.75, 3.05) is 25.1 Å². The minimum atomic E-state index is 0.134. The number of aromatic nitrogens is 1. The van der Waals surface area contributed by atoms with Crippen molar-refractivity contribution in [3.63, 3.8) is 0 Å². The molecule has 0 aromatic carbocycles. The predicted octanol–water partition coefficient (Wildman–Crippen LogP) is 1.69. The van der Waals surface area contributed by atoms with Crippen molar-refractivity contribution in [3.8, 4) is 0 Å². The lowest BCUT2D eigenvalue weighted by atomic mass is 10.0.